The molecule has 17 heavy (non-hydrogen) atoms. The minimum Gasteiger partial charge on any atom is -0.497 e. The van der Waals surface area contributed by atoms with Gasteiger partial charge >= 0.3 is 5.97 Å². The summed E-state index contributed by atoms with van der Waals surface area (Å²) in [7, 11) is 1.59. The summed E-state index contributed by atoms with van der Waals surface area (Å²) in [5.41, 5.74) is 0.225. The van der Waals surface area contributed by atoms with Gasteiger partial charge in [0, 0.05) is 6.42 Å². The monoisotopic (exact) mass is 235 g/mol. The average molecular weight is 235 g/mol. The highest BCUT2D eigenvalue weighted by Crippen LogP contribution is 2.27. The van der Waals surface area contributed by atoms with E-state index in [4.69, 9.17) is 14.7 Å². The molecule has 90 valence electrons. The summed E-state index contributed by atoms with van der Waals surface area (Å²) < 4.78 is 5.05. The Morgan fingerprint density at radius 2 is 2.12 bits per heavy atom. The lowest BCUT2D eigenvalue weighted by Crippen LogP contribution is -2.35. The SMILES string of the molecule is COc1ccc(C2=NO[C@@](C)(C(=O)O)C2)cc1. The van der Waals surface area contributed by atoms with Crippen LogP contribution in [0.3, 0.4) is 0 Å². The van der Waals surface area contributed by atoms with Crippen molar-refractivity contribution < 1.29 is 19.5 Å². The van der Waals surface area contributed by atoms with E-state index in [0.29, 0.717) is 5.71 Å². The van der Waals surface area contributed by atoms with Gasteiger partial charge in [0.2, 0.25) is 5.60 Å². The number of carboxylic acid groups (broad SMARTS) is 1. The summed E-state index contributed by atoms with van der Waals surface area (Å²) in [6, 6.07) is 7.26. The molecule has 5 heteroatoms. The number of aliphatic carboxylic acids is 1. The molecule has 0 saturated heterocycles. The lowest BCUT2D eigenvalue weighted by atomic mass is 9.96. The minimum atomic E-state index is -1.25. The molecule has 0 saturated carbocycles. The summed E-state index contributed by atoms with van der Waals surface area (Å²) in [6.45, 7) is 1.51. The largest absolute Gasteiger partial charge is 0.497 e. The summed E-state index contributed by atoms with van der Waals surface area (Å²) in [5, 5.41) is 12.8. The Bertz CT molecular complexity index is 466. The van der Waals surface area contributed by atoms with E-state index in [1.54, 1.807) is 19.2 Å². The van der Waals surface area contributed by atoms with Crippen LogP contribution in [0.5, 0.6) is 5.75 Å². The van der Waals surface area contributed by atoms with Crippen molar-refractivity contribution in [1.82, 2.24) is 0 Å². The Morgan fingerprint density at radius 3 is 2.59 bits per heavy atom. The smallest absolute Gasteiger partial charge is 0.351 e. The Hall–Kier alpha value is -2.04. The van der Waals surface area contributed by atoms with Crippen LogP contribution in [0.4, 0.5) is 0 Å². The molecule has 1 aromatic rings. The molecule has 0 bridgehead atoms. The third-order valence-corrected chi connectivity index (χ3v) is 2.74. The molecule has 5 nitrogen and oxygen atoms in total. The van der Waals surface area contributed by atoms with Crippen LogP contribution in [0.1, 0.15) is 18.9 Å². The molecule has 0 radical (unpaired) electrons. The van der Waals surface area contributed by atoms with Crippen molar-refractivity contribution in [3.63, 3.8) is 0 Å². The molecule has 0 aliphatic carbocycles. The number of carboxylic acids is 1. The fourth-order valence-corrected chi connectivity index (χ4v) is 1.59. The Kier molecular flexibility index (Phi) is 2.75. The Labute approximate surface area is 98.6 Å². The molecule has 0 unspecified atom stereocenters. The van der Waals surface area contributed by atoms with Crippen LogP contribution in [-0.2, 0) is 9.63 Å². The van der Waals surface area contributed by atoms with Crippen molar-refractivity contribution in [2.45, 2.75) is 18.9 Å². The van der Waals surface area contributed by atoms with Gasteiger partial charge in [-0.05, 0) is 36.8 Å². The van der Waals surface area contributed by atoms with Gasteiger partial charge in [-0.2, -0.15) is 0 Å². The van der Waals surface area contributed by atoms with Gasteiger partial charge in [0.1, 0.15) is 5.75 Å². The van der Waals surface area contributed by atoms with E-state index in [1.165, 1.54) is 6.92 Å². The number of oxime groups is 1. The molecular weight excluding hydrogens is 222 g/mol. The maximum absolute atomic E-state index is 11.0. The first-order chi connectivity index (χ1) is 8.05. The standard InChI is InChI=1S/C12H13NO4/c1-12(11(14)15)7-10(13-17-12)8-3-5-9(16-2)6-4-8/h3-6H,7H2,1-2H3,(H,14,15)/t12-/m1/s1. The summed E-state index contributed by atoms with van der Waals surface area (Å²) in [6.07, 6.45) is 0.259. The van der Waals surface area contributed by atoms with Gasteiger partial charge in [0.15, 0.2) is 0 Å². The van der Waals surface area contributed by atoms with Gasteiger partial charge in [-0.25, -0.2) is 4.79 Å². The van der Waals surface area contributed by atoms with Crippen LogP contribution in [-0.4, -0.2) is 29.5 Å². The zero-order chi connectivity index (χ0) is 12.5. The molecule has 2 rings (SSSR count). The first kappa shape index (κ1) is 11.4. The molecule has 1 atom stereocenters. The predicted molar refractivity (Wildman–Crippen MR) is 61.3 cm³/mol. The quantitative estimate of drug-likeness (QED) is 0.865. The molecule has 1 aromatic carbocycles. The van der Waals surface area contributed by atoms with Crippen LogP contribution in [0.15, 0.2) is 29.4 Å². The fraction of sp³-hybridized carbons (Fsp3) is 0.333. The van der Waals surface area contributed by atoms with Crippen LogP contribution in [0, 0.1) is 0 Å². The van der Waals surface area contributed by atoms with Gasteiger partial charge in [-0.15, -0.1) is 0 Å². The van der Waals surface area contributed by atoms with E-state index in [1.807, 2.05) is 12.1 Å². The molecule has 0 spiro atoms. The number of hydrogen-bond acceptors (Lipinski definition) is 4. The van der Waals surface area contributed by atoms with Crippen LogP contribution in [0.25, 0.3) is 0 Å². The zero-order valence-corrected chi connectivity index (χ0v) is 9.64. The molecule has 0 amide bonds. The summed E-state index contributed by atoms with van der Waals surface area (Å²) in [4.78, 5) is 16.0. The number of methoxy groups -OCH3 is 1. The van der Waals surface area contributed by atoms with Crippen molar-refractivity contribution in [1.29, 1.82) is 0 Å². The first-order valence-corrected chi connectivity index (χ1v) is 5.18. The van der Waals surface area contributed by atoms with Gasteiger partial charge in [-0.3, -0.25) is 0 Å². The Balaban J connectivity index is 2.17. The predicted octanol–water partition coefficient (Wildman–Crippen LogP) is 1.66. The van der Waals surface area contributed by atoms with Gasteiger partial charge in [0.05, 0.1) is 12.8 Å². The van der Waals surface area contributed by atoms with E-state index in [2.05, 4.69) is 5.16 Å². The second-order valence-electron chi connectivity index (χ2n) is 4.07. The number of ether oxygens (including phenoxy) is 1. The van der Waals surface area contributed by atoms with Crippen molar-refractivity contribution in [3.8, 4) is 5.75 Å². The lowest BCUT2D eigenvalue weighted by Gasteiger charge is -2.14. The molecule has 1 aliphatic heterocycles. The van der Waals surface area contributed by atoms with Crippen molar-refractivity contribution in [2.75, 3.05) is 7.11 Å². The van der Waals surface area contributed by atoms with Crippen molar-refractivity contribution in [3.05, 3.63) is 29.8 Å². The second-order valence-corrected chi connectivity index (χ2v) is 4.07. The van der Waals surface area contributed by atoms with E-state index in [0.717, 1.165) is 11.3 Å². The van der Waals surface area contributed by atoms with Crippen LogP contribution in [0.2, 0.25) is 0 Å². The average Bonchev–Trinajstić information content (AvgIpc) is 2.74. The Morgan fingerprint density at radius 1 is 1.47 bits per heavy atom. The highest BCUT2D eigenvalue weighted by Gasteiger charge is 2.42. The van der Waals surface area contributed by atoms with Gasteiger partial charge in [-0.1, -0.05) is 5.16 Å². The molecule has 0 aromatic heterocycles. The van der Waals surface area contributed by atoms with Gasteiger partial charge in [0.25, 0.3) is 0 Å². The molecule has 0 fully saturated rings. The number of benzene rings is 1. The lowest BCUT2D eigenvalue weighted by molar-refractivity contribution is -0.160. The van der Waals surface area contributed by atoms with Gasteiger partial charge < -0.3 is 14.7 Å². The molecule has 1 N–H and O–H groups in total. The topological polar surface area (TPSA) is 68.1 Å². The molecule has 1 aliphatic rings. The van der Waals surface area contributed by atoms with Crippen molar-refractivity contribution in [2.24, 2.45) is 5.16 Å². The maximum atomic E-state index is 11.0. The highest BCUT2D eigenvalue weighted by molar-refractivity contribution is 6.04. The first-order valence-electron chi connectivity index (χ1n) is 5.18. The number of hydrogen-bond donors (Lipinski definition) is 1. The third kappa shape index (κ3) is 2.08. The fourth-order valence-electron chi connectivity index (χ4n) is 1.59. The van der Waals surface area contributed by atoms with E-state index >= 15 is 0 Å². The number of nitrogens with zero attached hydrogens (tertiary/aromatic N) is 1. The van der Waals surface area contributed by atoms with Crippen molar-refractivity contribution >= 4 is 11.7 Å². The molecular formula is C12H13NO4. The number of carbonyl (C=O) groups is 1. The summed E-state index contributed by atoms with van der Waals surface area (Å²) >= 11 is 0. The number of rotatable bonds is 3. The summed E-state index contributed by atoms with van der Waals surface area (Å²) in [5.74, 6) is -0.265. The highest BCUT2D eigenvalue weighted by atomic mass is 16.7. The third-order valence-electron chi connectivity index (χ3n) is 2.74. The van der Waals surface area contributed by atoms with E-state index < -0.39 is 11.6 Å². The maximum Gasteiger partial charge on any atom is 0.351 e. The normalized spacial score (nSPS) is 22.8. The molecule has 1 heterocycles. The second kappa shape index (κ2) is 4.08. The van der Waals surface area contributed by atoms with E-state index in [9.17, 15) is 4.79 Å². The minimum absolute atomic E-state index is 0.259. The van der Waals surface area contributed by atoms with Crippen LogP contribution >= 0.6 is 0 Å². The van der Waals surface area contributed by atoms with Crippen LogP contribution < -0.4 is 4.74 Å². The zero-order valence-electron chi connectivity index (χ0n) is 9.64. The van der Waals surface area contributed by atoms with E-state index in [-0.39, 0.29) is 6.42 Å².